The third kappa shape index (κ3) is 3.61. The monoisotopic (exact) mass is 331 g/mol. The summed E-state index contributed by atoms with van der Waals surface area (Å²) in [6.07, 6.45) is 0. The minimum Gasteiger partial charge on any atom is -0.354 e. The zero-order valence-corrected chi connectivity index (χ0v) is 14.0. The molecule has 0 unspecified atom stereocenters. The Hall–Kier alpha value is -2.70. The summed E-state index contributed by atoms with van der Waals surface area (Å²) in [6.45, 7) is 5.16. The third-order valence-electron chi connectivity index (χ3n) is 3.88. The maximum Gasteiger partial charge on any atom is 0.334 e. The van der Waals surface area contributed by atoms with Gasteiger partial charge in [-0.2, -0.15) is 0 Å². The van der Waals surface area contributed by atoms with Gasteiger partial charge >= 0.3 is 17.8 Å². The largest absolute Gasteiger partial charge is 0.354 e. The lowest BCUT2D eigenvalue weighted by molar-refractivity contribution is -0.144. The number of amides is 5. The second-order valence-corrected chi connectivity index (χ2v) is 6.06. The van der Waals surface area contributed by atoms with Crippen LogP contribution in [0.5, 0.6) is 0 Å². The van der Waals surface area contributed by atoms with Gasteiger partial charge in [0.15, 0.2) is 0 Å². The molecule has 0 aliphatic carbocycles. The maximum absolute atomic E-state index is 12.1. The second kappa shape index (κ2) is 7.25. The molecule has 1 aromatic carbocycles. The van der Waals surface area contributed by atoms with Crippen molar-refractivity contribution >= 4 is 23.8 Å². The SMILES string of the molecule is CC(C)N1C(=O)C(=O)N(CC(=O)NC[C@@H](C)c2ccccc2)C1=O. The summed E-state index contributed by atoms with van der Waals surface area (Å²) in [5.41, 5.74) is 1.08. The van der Waals surface area contributed by atoms with Crippen molar-refractivity contribution in [3.8, 4) is 0 Å². The Bertz CT molecular complexity index is 657. The summed E-state index contributed by atoms with van der Waals surface area (Å²) in [6, 6.07) is 8.50. The van der Waals surface area contributed by atoms with Crippen LogP contribution in [0, 0.1) is 0 Å². The highest BCUT2D eigenvalue weighted by Gasteiger charge is 2.46. The van der Waals surface area contributed by atoms with Crippen molar-refractivity contribution in [3.05, 3.63) is 35.9 Å². The Morgan fingerprint density at radius 1 is 1.04 bits per heavy atom. The Morgan fingerprint density at radius 3 is 2.21 bits per heavy atom. The fourth-order valence-electron chi connectivity index (χ4n) is 2.48. The van der Waals surface area contributed by atoms with Gasteiger partial charge in [-0.05, 0) is 25.3 Å². The van der Waals surface area contributed by atoms with E-state index in [1.165, 1.54) is 0 Å². The number of benzene rings is 1. The molecular weight excluding hydrogens is 310 g/mol. The number of carbonyl (C=O) groups excluding carboxylic acids is 4. The van der Waals surface area contributed by atoms with Gasteiger partial charge in [0, 0.05) is 12.6 Å². The van der Waals surface area contributed by atoms with E-state index in [0.717, 1.165) is 10.5 Å². The summed E-state index contributed by atoms with van der Waals surface area (Å²) in [4.78, 5) is 49.3. The number of carbonyl (C=O) groups is 4. The molecule has 128 valence electrons. The molecule has 1 aliphatic heterocycles. The quantitative estimate of drug-likeness (QED) is 0.625. The highest BCUT2D eigenvalue weighted by Crippen LogP contribution is 2.15. The molecule has 5 amide bonds. The first-order chi connectivity index (χ1) is 11.3. The molecule has 0 aromatic heterocycles. The normalized spacial score (nSPS) is 16.1. The van der Waals surface area contributed by atoms with Crippen LogP contribution in [0.4, 0.5) is 4.79 Å². The molecule has 7 nitrogen and oxygen atoms in total. The summed E-state index contributed by atoms with van der Waals surface area (Å²) in [5.74, 6) is -2.23. The Labute approximate surface area is 140 Å². The average Bonchev–Trinajstić information content (AvgIpc) is 2.77. The van der Waals surface area contributed by atoms with Gasteiger partial charge in [-0.3, -0.25) is 19.3 Å². The molecule has 1 saturated heterocycles. The summed E-state index contributed by atoms with van der Waals surface area (Å²) >= 11 is 0. The lowest BCUT2D eigenvalue weighted by Crippen LogP contribution is -2.43. The van der Waals surface area contributed by atoms with E-state index in [1.807, 2.05) is 37.3 Å². The first-order valence-corrected chi connectivity index (χ1v) is 7.83. The first kappa shape index (κ1) is 17.7. The van der Waals surface area contributed by atoms with Gasteiger partial charge in [0.1, 0.15) is 6.54 Å². The van der Waals surface area contributed by atoms with E-state index in [1.54, 1.807) is 13.8 Å². The Kier molecular flexibility index (Phi) is 5.33. The van der Waals surface area contributed by atoms with Gasteiger partial charge in [0.2, 0.25) is 5.91 Å². The fraction of sp³-hybridized carbons (Fsp3) is 0.412. The van der Waals surface area contributed by atoms with Crippen LogP contribution in [0.1, 0.15) is 32.3 Å². The molecule has 2 rings (SSSR count). The van der Waals surface area contributed by atoms with Crippen LogP contribution in [0.2, 0.25) is 0 Å². The second-order valence-electron chi connectivity index (χ2n) is 6.06. The molecule has 7 heteroatoms. The van der Waals surface area contributed by atoms with Gasteiger partial charge < -0.3 is 5.32 Å². The van der Waals surface area contributed by atoms with Gasteiger partial charge in [-0.15, -0.1) is 0 Å². The van der Waals surface area contributed by atoms with Crippen LogP contribution >= 0.6 is 0 Å². The summed E-state index contributed by atoms with van der Waals surface area (Å²) in [7, 11) is 0. The van der Waals surface area contributed by atoms with E-state index >= 15 is 0 Å². The lowest BCUT2D eigenvalue weighted by atomic mass is 10.0. The molecule has 0 saturated carbocycles. The molecule has 24 heavy (non-hydrogen) atoms. The van der Waals surface area contributed by atoms with Crippen molar-refractivity contribution in [2.45, 2.75) is 32.7 Å². The number of urea groups is 1. The minimum absolute atomic E-state index is 0.0916. The Morgan fingerprint density at radius 2 is 1.67 bits per heavy atom. The molecule has 1 N–H and O–H groups in total. The standard InChI is InChI=1S/C17H21N3O4/c1-11(2)20-16(23)15(22)19(17(20)24)10-14(21)18-9-12(3)13-7-5-4-6-8-13/h4-8,11-12H,9-10H2,1-3H3,(H,18,21)/t12-/m1/s1. The van der Waals surface area contributed by atoms with E-state index in [4.69, 9.17) is 0 Å². The third-order valence-corrected chi connectivity index (χ3v) is 3.88. The highest BCUT2D eigenvalue weighted by molar-refractivity contribution is 6.45. The molecule has 0 spiro atoms. The van der Waals surface area contributed by atoms with Gasteiger partial charge in [-0.25, -0.2) is 9.69 Å². The first-order valence-electron chi connectivity index (χ1n) is 7.83. The number of nitrogens with zero attached hydrogens (tertiary/aromatic N) is 2. The van der Waals surface area contributed by atoms with E-state index < -0.39 is 36.3 Å². The van der Waals surface area contributed by atoms with Crippen LogP contribution in [0.15, 0.2) is 30.3 Å². The zero-order valence-electron chi connectivity index (χ0n) is 14.0. The van der Waals surface area contributed by atoms with Gasteiger partial charge in [-0.1, -0.05) is 37.3 Å². The molecule has 1 fully saturated rings. The maximum atomic E-state index is 12.1. The minimum atomic E-state index is -0.958. The smallest absolute Gasteiger partial charge is 0.334 e. The molecule has 1 aromatic rings. The fourth-order valence-corrected chi connectivity index (χ4v) is 2.48. The van der Waals surface area contributed by atoms with Crippen LogP contribution in [-0.4, -0.2) is 52.7 Å². The molecule has 0 bridgehead atoms. The van der Waals surface area contributed by atoms with Crippen molar-refractivity contribution in [2.24, 2.45) is 0 Å². The number of rotatable bonds is 6. The van der Waals surface area contributed by atoms with Gasteiger partial charge in [0.05, 0.1) is 0 Å². The summed E-state index contributed by atoms with van der Waals surface area (Å²) < 4.78 is 0. The van der Waals surface area contributed by atoms with Crippen LogP contribution in [0.25, 0.3) is 0 Å². The zero-order chi connectivity index (χ0) is 17.9. The Balaban J connectivity index is 1.92. The predicted octanol–water partition coefficient (Wildman–Crippen LogP) is 1.11. The van der Waals surface area contributed by atoms with Crippen molar-refractivity contribution in [1.82, 2.24) is 15.1 Å². The van der Waals surface area contributed by atoms with Crippen molar-refractivity contribution in [2.75, 3.05) is 13.1 Å². The number of nitrogens with one attached hydrogen (secondary N) is 1. The topological polar surface area (TPSA) is 86.8 Å². The molecule has 1 heterocycles. The number of imide groups is 2. The van der Waals surface area contributed by atoms with Crippen molar-refractivity contribution < 1.29 is 19.2 Å². The van der Waals surface area contributed by atoms with E-state index in [0.29, 0.717) is 11.4 Å². The molecular formula is C17H21N3O4. The predicted molar refractivity (Wildman–Crippen MR) is 87.0 cm³/mol. The number of hydrogen-bond acceptors (Lipinski definition) is 4. The number of hydrogen-bond donors (Lipinski definition) is 1. The summed E-state index contributed by atoms with van der Waals surface area (Å²) in [5, 5.41) is 2.69. The van der Waals surface area contributed by atoms with E-state index in [2.05, 4.69) is 5.32 Å². The van der Waals surface area contributed by atoms with Crippen LogP contribution < -0.4 is 5.32 Å². The lowest BCUT2D eigenvalue weighted by Gasteiger charge is -2.18. The van der Waals surface area contributed by atoms with Gasteiger partial charge in [0.25, 0.3) is 0 Å². The van der Waals surface area contributed by atoms with Crippen molar-refractivity contribution in [1.29, 1.82) is 0 Å². The molecule has 1 atom stereocenters. The average molecular weight is 331 g/mol. The highest BCUT2D eigenvalue weighted by atomic mass is 16.2. The molecule has 0 radical (unpaired) electrons. The van der Waals surface area contributed by atoms with E-state index in [-0.39, 0.29) is 5.92 Å². The van der Waals surface area contributed by atoms with Crippen LogP contribution in [0.3, 0.4) is 0 Å². The van der Waals surface area contributed by atoms with Crippen molar-refractivity contribution in [3.63, 3.8) is 0 Å². The van der Waals surface area contributed by atoms with E-state index in [9.17, 15) is 19.2 Å². The van der Waals surface area contributed by atoms with Crippen LogP contribution in [-0.2, 0) is 14.4 Å². The molecule has 1 aliphatic rings.